The SMILES string of the molecule is Cl.NCCCNC(=O)C1CC(=O)N(Cc2cccc(C(F)(F)F)c2)C1. The highest BCUT2D eigenvalue weighted by molar-refractivity contribution is 5.89. The molecule has 1 heterocycles. The maximum Gasteiger partial charge on any atom is 0.416 e. The van der Waals surface area contributed by atoms with Crippen molar-refractivity contribution in [3.05, 3.63) is 35.4 Å². The molecule has 1 aliphatic rings. The molecule has 1 atom stereocenters. The average Bonchev–Trinajstić information content (AvgIpc) is 2.88. The molecule has 0 aromatic heterocycles. The van der Waals surface area contributed by atoms with E-state index >= 15 is 0 Å². The molecule has 1 aromatic rings. The summed E-state index contributed by atoms with van der Waals surface area (Å²) < 4.78 is 38.2. The van der Waals surface area contributed by atoms with Crippen LogP contribution in [0.25, 0.3) is 0 Å². The Balaban J connectivity index is 0.00000312. The van der Waals surface area contributed by atoms with Crippen molar-refractivity contribution < 1.29 is 22.8 Å². The van der Waals surface area contributed by atoms with E-state index < -0.39 is 17.7 Å². The Kier molecular flexibility index (Phi) is 7.69. The van der Waals surface area contributed by atoms with Crippen molar-refractivity contribution in [3.63, 3.8) is 0 Å². The van der Waals surface area contributed by atoms with Crippen LogP contribution in [0.2, 0.25) is 0 Å². The summed E-state index contributed by atoms with van der Waals surface area (Å²) >= 11 is 0. The molecule has 0 radical (unpaired) electrons. The minimum atomic E-state index is -4.42. The smallest absolute Gasteiger partial charge is 0.356 e. The average molecular weight is 380 g/mol. The summed E-state index contributed by atoms with van der Waals surface area (Å²) in [7, 11) is 0. The number of hydrogen-bond donors (Lipinski definition) is 2. The normalized spacial score (nSPS) is 17.4. The maximum absolute atomic E-state index is 12.7. The summed E-state index contributed by atoms with van der Waals surface area (Å²) in [4.78, 5) is 25.4. The molecule has 2 amide bonds. The number of rotatable bonds is 6. The molecule has 140 valence electrons. The van der Waals surface area contributed by atoms with Crippen LogP contribution in [0.3, 0.4) is 0 Å². The third-order valence-corrected chi connectivity index (χ3v) is 3.89. The van der Waals surface area contributed by atoms with Crippen molar-refractivity contribution in [3.8, 4) is 0 Å². The topological polar surface area (TPSA) is 75.4 Å². The Morgan fingerprint density at radius 1 is 1.36 bits per heavy atom. The van der Waals surface area contributed by atoms with Crippen LogP contribution < -0.4 is 11.1 Å². The van der Waals surface area contributed by atoms with Crippen LogP contribution in [0.15, 0.2) is 24.3 Å². The van der Waals surface area contributed by atoms with E-state index in [1.807, 2.05) is 0 Å². The van der Waals surface area contributed by atoms with E-state index in [9.17, 15) is 22.8 Å². The quantitative estimate of drug-likeness (QED) is 0.742. The van der Waals surface area contributed by atoms with E-state index in [1.165, 1.54) is 17.0 Å². The molecule has 3 N–H and O–H groups in total. The second-order valence-electron chi connectivity index (χ2n) is 5.81. The molecule has 0 bridgehead atoms. The first-order valence-corrected chi connectivity index (χ1v) is 7.73. The van der Waals surface area contributed by atoms with Gasteiger partial charge in [-0.1, -0.05) is 12.1 Å². The van der Waals surface area contributed by atoms with Crippen molar-refractivity contribution in [2.45, 2.75) is 25.6 Å². The minimum absolute atomic E-state index is 0. The van der Waals surface area contributed by atoms with E-state index in [2.05, 4.69) is 5.32 Å². The lowest BCUT2D eigenvalue weighted by Gasteiger charge is -2.17. The van der Waals surface area contributed by atoms with Gasteiger partial charge in [-0.05, 0) is 30.7 Å². The highest BCUT2D eigenvalue weighted by Gasteiger charge is 2.35. The lowest BCUT2D eigenvalue weighted by molar-refractivity contribution is -0.137. The van der Waals surface area contributed by atoms with Crippen LogP contribution in [-0.4, -0.2) is 36.3 Å². The number of nitrogens with two attached hydrogens (primary N) is 1. The van der Waals surface area contributed by atoms with Gasteiger partial charge in [0.25, 0.3) is 0 Å². The predicted molar refractivity (Wildman–Crippen MR) is 88.9 cm³/mol. The maximum atomic E-state index is 12.7. The van der Waals surface area contributed by atoms with Gasteiger partial charge in [-0.2, -0.15) is 13.2 Å². The summed E-state index contributed by atoms with van der Waals surface area (Å²) in [6.45, 7) is 1.19. The molecule has 25 heavy (non-hydrogen) atoms. The van der Waals surface area contributed by atoms with Gasteiger partial charge >= 0.3 is 6.18 Å². The van der Waals surface area contributed by atoms with Gasteiger partial charge in [0.1, 0.15) is 0 Å². The summed E-state index contributed by atoms with van der Waals surface area (Å²) in [6.07, 6.45) is -3.69. The Labute approximate surface area is 150 Å². The fourth-order valence-electron chi connectivity index (χ4n) is 2.63. The first kappa shape index (κ1) is 21.2. The standard InChI is InChI=1S/C16H20F3N3O2.ClH/c17-16(18,19)13-4-1-3-11(7-13)9-22-10-12(8-14(22)23)15(24)21-6-2-5-20;/h1,3-4,7,12H,2,5-6,8-10,20H2,(H,21,24);1H. The molecule has 1 aromatic carbocycles. The Bertz CT molecular complexity index is 611. The van der Waals surface area contributed by atoms with Crippen LogP contribution in [0.5, 0.6) is 0 Å². The summed E-state index contributed by atoms with van der Waals surface area (Å²) in [5, 5.41) is 2.71. The number of hydrogen-bond acceptors (Lipinski definition) is 3. The van der Waals surface area contributed by atoms with E-state index in [4.69, 9.17) is 5.73 Å². The van der Waals surface area contributed by atoms with Gasteiger partial charge in [-0.15, -0.1) is 12.4 Å². The fourth-order valence-corrected chi connectivity index (χ4v) is 2.63. The number of likely N-dealkylation sites (tertiary alicyclic amines) is 1. The van der Waals surface area contributed by atoms with Gasteiger partial charge in [0.15, 0.2) is 0 Å². The summed E-state index contributed by atoms with van der Waals surface area (Å²) in [5.41, 5.74) is 4.99. The fraction of sp³-hybridized carbons (Fsp3) is 0.500. The molecule has 9 heteroatoms. The first-order valence-electron chi connectivity index (χ1n) is 7.73. The van der Waals surface area contributed by atoms with E-state index in [0.717, 1.165) is 12.1 Å². The minimum Gasteiger partial charge on any atom is -0.356 e. The predicted octanol–water partition coefficient (Wildman–Crippen LogP) is 1.94. The number of carbonyl (C=O) groups excluding carboxylic acids is 2. The van der Waals surface area contributed by atoms with Crippen LogP contribution in [-0.2, 0) is 22.3 Å². The van der Waals surface area contributed by atoms with Crippen molar-refractivity contribution in [1.29, 1.82) is 0 Å². The Morgan fingerprint density at radius 3 is 2.72 bits per heavy atom. The second-order valence-corrected chi connectivity index (χ2v) is 5.81. The molecule has 1 fully saturated rings. The van der Waals surface area contributed by atoms with Gasteiger partial charge < -0.3 is 16.0 Å². The van der Waals surface area contributed by atoms with E-state index in [0.29, 0.717) is 25.1 Å². The molecule has 1 unspecified atom stereocenters. The van der Waals surface area contributed by atoms with Gasteiger partial charge in [-0.3, -0.25) is 9.59 Å². The molecular formula is C16H21ClF3N3O2. The number of halogens is 4. The zero-order valence-electron chi connectivity index (χ0n) is 13.5. The number of carbonyl (C=O) groups is 2. The second kappa shape index (κ2) is 9.05. The number of alkyl halides is 3. The lowest BCUT2D eigenvalue weighted by atomic mass is 10.1. The number of benzene rings is 1. The highest BCUT2D eigenvalue weighted by atomic mass is 35.5. The molecule has 0 saturated carbocycles. The molecule has 2 rings (SSSR count). The third-order valence-electron chi connectivity index (χ3n) is 3.89. The highest BCUT2D eigenvalue weighted by Crippen LogP contribution is 2.30. The summed E-state index contributed by atoms with van der Waals surface area (Å²) in [5.74, 6) is -0.921. The molecule has 0 aliphatic carbocycles. The molecule has 0 spiro atoms. The number of amides is 2. The van der Waals surface area contributed by atoms with E-state index in [-0.39, 0.29) is 43.7 Å². The lowest BCUT2D eigenvalue weighted by Crippen LogP contribution is -2.34. The summed E-state index contributed by atoms with van der Waals surface area (Å²) in [6, 6.07) is 4.87. The van der Waals surface area contributed by atoms with Crippen molar-refractivity contribution >= 4 is 24.2 Å². The van der Waals surface area contributed by atoms with Crippen LogP contribution in [0.1, 0.15) is 24.0 Å². The van der Waals surface area contributed by atoms with Gasteiger partial charge in [0, 0.05) is 26.1 Å². The monoisotopic (exact) mass is 379 g/mol. The van der Waals surface area contributed by atoms with Gasteiger partial charge in [-0.25, -0.2) is 0 Å². The number of nitrogens with zero attached hydrogens (tertiary/aromatic N) is 1. The Hall–Kier alpha value is -1.80. The zero-order valence-corrected chi connectivity index (χ0v) is 14.3. The van der Waals surface area contributed by atoms with Crippen LogP contribution in [0, 0.1) is 5.92 Å². The van der Waals surface area contributed by atoms with Gasteiger partial charge in [0.05, 0.1) is 11.5 Å². The van der Waals surface area contributed by atoms with Crippen LogP contribution in [0.4, 0.5) is 13.2 Å². The first-order chi connectivity index (χ1) is 11.3. The molecule has 5 nitrogen and oxygen atoms in total. The molecular weight excluding hydrogens is 359 g/mol. The Morgan fingerprint density at radius 2 is 2.08 bits per heavy atom. The molecule has 1 saturated heterocycles. The number of nitrogens with one attached hydrogen (secondary N) is 1. The van der Waals surface area contributed by atoms with Crippen molar-refractivity contribution in [2.75, 3.05) is 19.6 Å². The largest absolute Gasteiger partial charge is 0.416 e. The van der Waals surface area contributed by atoms with Gasteiger partial charge in [0.2, 0.25) is 11.8 Å². The third kappa shape index (κ3) is 5.89. The zero-order chi connectivity index (χ0) is 17.7. The van der Waals surface area contributed by atoms with Crippen molar-refractivity contribution in [2.24, 2.45) is 11.7 Å². The van der Waals surface area contributed by atoms with Crippen LogP contribution >= 0.6 is 12.4 Å². The van der Waals surface area contributed by atoms with E-state index in [1.54, 1.807) is 0 Å². The molecule has 1 aliphatic heterocycles. The van der Waals surface area contributed by atoms with Crippen molar-refractivity contribution in [1.82, 2.24) is 10.2 Å².